The van der Waals surface area contributed by atoms with E-state index in [9.17, 15) is 19.2 Å². The largest absolute Gasteiger partial charge is 0.467 e. The van der Waals surface area contributed by atoms with Crippen molar-refractivity contribution in [2.75, 3.05) is 35.5 Å². The molecule has 0 saturated heterocycles. The van der Waals surface area contributed by atoms with E-state index >= 15 is 0 Å². The second-order valence-electron chi connectivity index (χ2n) is 11.8. The molecule has 0 aliphatic heterocycles. The molecule has 0 spiro atoms. The summed E-state index contributed by atoms with van der Waals surface area (Å²) in [6.07, 6.45) is 0. The van der Waals surface area contributed by atoms with Crippen LogP contribution in [-0.2, 0) is 19.1 Å². The molecule has 52 heavy (non-hydrogen) atoms. The number of anilines is 8. The van der Waals surface area contributed by atoms with Gasteiger partial charge in [-0.05, 0) is 98.8 Å². The summed E-state index contributed by atoms with van der Waals surface area (Å²) in [6, 6.07) is 35.3. The second kappa shape index (κ2) is 17.2. The number of esters is 2. The molecule has 0 heterocycles. The summed E-state index contributed by atoms with van der Waals surface area (Å²) in [4.78, 5) is 52.0. The highest BCUT2D eigenvalue weighted by molar-refractivity contribution is 6.08. The molecule has 0 radical (unpaired) electrons. The van der Waals surface area contributed by atoms with Gasteiger partial charge in [-0.2, -0.15) is 0 Å². The minimum absolute atomic E-state index is 0.129. The van der Waals surface area contributed by atoms with Crippen molar-refractivity contribution in [2.45, 2.75) is 25.9 Å². The smallest absolute Gasteiger partial charge is 0.328 e. The second-order valence-corrected chi connectivity index (χ2v) is 11.8. The molecule has 0 aliphatic rings. The molecule has 0 fully saturated rings. The standard InChI is InChI=1S/C40H40N6O6/c1-25(39(49)51-3)41-37(47)33-23-36(46-32-21-17-30(18-22-32)44-28-13-9-6-10-14-28)34(38(48)42-26(2)40(50)52-4)24-35(33)45-31-19-15-29(16-20-31)43-27-11-7-5-8-12-27/h5-26,43-46H,1-4H3,(H,41,47)(H,42,48)/t25-,26-/m1/s1. The summed E-state index contributed by atoms with van der Waals surface area (Å²) >= 11 is 0. The Morgan fingerprint density at radius 2 is 0.731 bits per heavy atom. The van der Waals surface area contributed by atoms with Crippen molar-refractivity contribution < 1.29 is 28.7 Å². The Kier molecular flexibility index (Phi) is 12.1. The number of nitrogens with one attached hydrogen (secondary N) is 6. The first-order valence-electron chi connectivity index (χ1n) is 16.5. The zero-order valence-electron chi connectivity index (χ0n) is 29.2. The van der Waals surface area contributed by atoms with Crippen molar-refractivity contribution in [2.24, 2.45) is 0 Å². The molecule has 2 amide bonds. The SMILES string of the molecule is COC(=O)[C@@H](C)NC(=O)c1cc(Nc2ccc(Nc3ccccc3)cc2)c(C(=O)N[C@H](C)C(=O)OC)cc1Nc1ccc(Nc2ccccc2)cc1. The number of ether oxygens (including phenoxy) is 2. The molecular weight excluding hydrogens is 660 g/mol. The van der Waals surface area contributed by atoms with Crippen LogP contribution >= 0.6 is 0 Å². The molecule has 0 bridgehead atoms. The van der Waals surface area contributed by atoms with E-state index < -0.39 is 35.8 Å². The van der Waals surface area contributed by atoms with Crippen LogP contribution in [-0.4, -0.2) is 50.1 Å². The summed E-state index contributed by atoms with van der Waals surface area (Å²) < 4.78 is 9.62. The van der Waals surface area contributed by atoms with E-state index in [2.05, 4.69) is 31.9 Å². The Morgan fingerprint density at radius 1 is 0.442 bits per heavy atom. The number of para-hydroxylation sites is 2. The van der Waals surface area contributed by atoms with Gasteiger partial charge >= 0.3 is 11.9 Å². The summed E-state index contributed by atoms with van der Waals surface area (Å²) in [6.45, 7) is 3.02. The third-order valence-corrected chi connectivity index (χ3v) is 7.90. The maximum Gasteiger partial charge on any atom is 0.328 e. The van der Waals surface area contributed by atoms with Gasteiger partial charge in [-0.3, -0.25) is 9.59 Å². The highest BCUT2D eigenvalue weighted by Gasteiger charge is 2.25. The zero-order chi connectivity index (χ0) is 37.0. The number of rotatable bonds is 14. The quantitative estimate of drug-likeness (QED) is 0.0652. The molecule has 0 saturated carbocycles. The van der Waals surface area contributed by atoms with Gasteiger partial charge in [-0.25, -0.2) is 9.59 Å². The van der Waals surface area contributed by atoms with Crippen molar-refractivity contribution in [1.29, 1.82) is 0 Å². The van der Waals surface area contributed by atoms with E-state index in [0.717, 1.165) is 22.7 Å². The lowest BCUT2D eigenvalue weighted by molar-refractivity contribution is -0.143. The molecule has 0 aromatic heterocycles. The minimum atomic E-state index is -0.960. The highest BCUT2D eigenvalue weighted by atomic mass is 16.5. The van der Waals surface area contributed by atoms with Gasteiger partial charge in [0.2, 0.25) is 0 Å². The van der Waals surface area contributed by atoms with Crippen molar-refractivity contribution in [3.8, 4) is 0 Å². The van der Waals surface area contributed by atoms with Crippen LogP contribution in [0.1, 0.15) is 34.6 Å². The van der Waals surface area contributed by atoms with Gasteiger partial charge in [0.15, 0.2) is 0 Å². The topological polar surface area (TPSA) is 159 Å². The molecule has 12 heteroatoms. The summed E-state index contributed by atoms with van der Waals surface area (Å²) in [7, 11) is 2.47. The van der Waals surface area contributed by atoms with Gasteiger partial charge in [0, 0.05) is 34.1 Å². The van der Waals surface area contributed by atoms with Gasteiger partial charge in [0.1, 0.15) is 12.1 Å². The third-order valence-electron chi connectivity index (χ3n) is 7.90. The lowest BCUT2D eigenvalue weighted by atomic mass is 10.0. The van der Waals surface area contributed by atoms with Crippen LogP contribution < -0.4 is 31.9 Å². The van der Waals surface area contributed by atoms with Gasteiger partial charge in [-0.15, -0.1) is 0 Å². The van der Waals surface area contributed by atoms with Crippen LogP contribution in [0.4, 0.5) is 45.5 Å². The van der Waals surface area contributed by atoms with E-state index in [1.54, 1.807) is 0 Å². The fourth-order valence-corrected chi connectivity index (χ4v) is 5.16. The highest BCUT2D eigenvalue weighted by Crippen LogP contribution is 2.32. The lowest BCUT2D eigenvalue weighted by Gasteiger charge is -2.21. The Hall–Kier alpha value is -6.82. The molecule has 5 aromatic carbocycles. The number of hydrogen-bond donors (Lipinski definition) is 6. The summed E-state index contributed by atoms with van der Waals surface area (Å²) in [5, 5.41) is 18.5. The van der Waals surface area contributed by atoms with Crippen LogP contribution in [0.3, 0.4) is 0 Å². The van der Waals surface area contributed by atoms with Gasteiger partial charge in [0.05, 0.1) is 36.7 Å². The average molecular weight is 701 g/mol. The molecule has 6 N–H and O–H groups in total. The van der Waals surface area contributed by atoms with E-state index in [0.29, 0.717) is 11.4 Å². The van der Waals surface area contributed by atoms with Crippen LogP contribution in [0.2, 0.25) is 0 Å². The first-order valence-corrected chi connectivity index (χ1v) is 16.5. The van der Waals surface area contributed by atoms with Crippen LogP contribution in [0.15, 0.2) is 121 Å². The predicted molar refractivity (Wildman–Crippen MR) is 203 cm³/mol. The lowest BCUT2D eigenvalue weighted by Crippen LogP contribution is -2.40. The van der Waals surface area contributed by atoms with Crippen LogP contribution in [0, 0.1) is 0 Å². The number of carbonyl (C=O) groups is 4. The van der Waals surface area contributed by atoms with Crippen LogP contribution in [0.5, 0.6) is 0 Å². The van der Waals surface area contributed by atoms with Gasteiger partial charge in [-0.1, -0.05) is 36.4 Å². The molecule has 266 valence electrons. The Labute approximate surface area is 301 Å². The molecule has 0 unspecified atom stereocenters. The van der Waals surface area contributed by atoms with E-state index in [4.69, 9.17) is 9.47 Å². The molecule has 0 aliphatic carbocycles. The Bertz CT molecular complexity index is 1860. The maximum atomic E-state index is 13.8. The first-order chi connectivity index (χ1) is 25.1. The molecule has 2 atom stereocenters. The predicted octanol–water partition coefficient (Wildman–Crippen LogP) is 7.24. The van der Waals surface area contributed by atoms with E-state index in [1.165, 1.54) is 40.2 Å². The third kappa shape index (κ3) is 9.66. The average Bonchev–Trinajstić information content (AvgIpc) is 3.16. The number of carbonyl (C=O) groups excluding carboxylic acids is 4. The number of hydrogen-bond acceptors (Lipinski definition) is 10. The number of benzene rings is 5. The normalized spacial score (nSPS) is 11.6. The zero-order valence-corrected chi connectivity index (χ0v) is 29.2. The fourth-order valence-electron chi connectivity index (χ4n) is 5.16. The van der Waals surface area contributed by atoms with E-state index in [-0.39, 0.29) is 22.5 Å². The van der Waals surface area contributed by atoms with Crippen molar-refractivity contribution in [1.82, 2.24) is 10.6 Å². The van der Waals surface area contributed by atoms with Crippen molar-refractivity contribution >= 4 is 69.3 Å². The Morgan fingerprint density at radius 3 is 1.04 bits per heavy atom. The number of methoxy groups -OCH3 is 2. The van der Waals surface area contributed by atoms with Crippen molar-refractivity contribution in [3.63, 3.8) is 0 Å². The molecule has 5 rings (SSSR count). The maximum absolute atomic E-state index is 13.8. The molecule has 5 aromatic rings. The summed E-state index contributed by atoms with van der Waals surface area (Å²) in [5.41, 5.74) is 5.54. The number of amides is 2. The van der Waals surface area contributed by atoms with E-state index in [1.807, 2.05) is 109 Å². The molecule has 12 nitrogen and oxygen atoms in total. The van der Waals surface area contributed by atoms with Gasteiger partial charge < -0.3 is 41.4 Å². The monoisotopic (exact) mass is 700 g/mol. The van der Waals surface area contributed by atoms with Crippen LogP contribution in [0.25, 0.3) is 0 Å². The fraction of sp³-hybridized carbons (Fsp3) is 0.150. The first kappa shape index (κ1) is 36.5. The van der Waals surface area contributed by atoms with Gasteiger partial charge in [0.25, 0.3) is 11.8 Å². The summed E-state index contributed by atoms with van der Waals surface area (Å²) in [5.74, 6) is -2.44. The minimum Gasteiger partial charge on any atom is -0.467 e. The Balaban J connectivity index is 1.51. The molecular formula is C40H40N6O6. The van der Waals surface area contributed by atoms with Crippen molar-refractivity contribution in [3.05, 3.63) is 132 Å².